The Balaban J connectivity index is 2.52. The number of nitrogens with zero attached hydrogens (tertiary/aromatic N) is 2. The zero-order valence-electron chi connectivity index (χ0n) is 9.65. The number of aromatic nitrogens is 2. The van der Waals surface area contributed by atoms with Gasteiger partial charge in [0.25, 0.3) is 0 Å². The second-order valence-electron chi connectivity index (χ2n) is 3.97. The van der Waals surface area contributed by atoms with Crippen molar-refractivity contribution in [2.24, 2.45) is 5.92 Å². The SMILES string of the molecule is CONC1=C(C(C)C)CC=Cc2nonc21. The molecule has 1 aliphatic rings. The Kier molecular flexibility index (Phi) is 3.05. The van der Waals surface area contributed by atoms with Gasteiger partial charge in [-0.05, 0) is 34.3 Å². The third-order valence-corrected chi connectivity index (χ3v) is 2.59. The van der Waals surface area contributed by atoms with Gasteiger partial charge in [0.05, 0.1) is 12.8 Å². The van der Waals surface area contributed by atoms with E-state index in [0.717, 1.165) is 17.8 Å². The number of hydrogen-bond acceptors (Lipinski definition) is 5. The zero-order valence-corrected chi connectivity index (χ0v) is 9.65. The van der Waals surface area contributed by atoms with Gasteiger partial charge in [0, 0.05) is 0 Å². The van der Waals surface area contributed by atoms with Crippen LogP contribution < -0.4 is 5.48 Å². The van der Waals surface area contributed by atoms with E-state index in [-0.39, 0.29) is 0 Å². The fourth-order valence-electron chi connectivity index (χ4n) is 1.77. The van der Waals surface area contributed by atoms with Gasteiger partial charge in [-0.25, -0.2) is 4.63 Å². The summed E-state index contributed by atoms with van der Waals surface area (Å²) in [5.41, 5.74) is 6.40. The van der Waals surface area contributed by atoms with Gasteiger partial charge < -0.3 is 0 Å². The maximum Gasteiger partial charge on any atom is 0.160 e. The van der Waals surface area contributed by atoms with E-state index in [1.54, 1.807) is 7.11 Å². The Morgan fingerprint density at radius 1 is 1.44 bits per heavy atom. The van der Waals surface area contributed by atoms with Crippen LogP contribution in [-0.2, 0) is 4.84 Å². The van der Waals surface area contributed by atoms with Gasteiger partial charge in [-0.2, -0.15) is 0 Å². The summed E-state index contributed by atoms with van der Waals surface area (Å²) in [5, 5.41) is 7.75. The van der Waals surface area contributed by atoms with Crippen molar-refractivity contribution >= 4 is 11.8 Å². The van der Waals surface area contributed by atoms with Crippen molar-refractivity contribution in [3.63, 3.8) is 0 Å². The lowest BCUT2D eigenvalue weighted by Gasteiger charge is -2.15. The Morgan fingerprint density at radius 2 is 2.25 bits per heavy atom. The minimum Gasteiger partial charge on any atom is -0.279 e. The summed E-state index contributed by atoms with van der Waals surface area (Å²) in [4.78, 5) is 5.00. The quantitative estimate of drug-likeness (QED) is 0.791. The summed E-state index contributed by atoms with van der Waals surface area (Å²) in [5.74, 6) is 0.407. The Morgan fingerprint density at radius 3 is 2.94 bits per heavy atom. The van der Waals surface area contributed by atoms with Gasteiger partial charge in [0.15, 0.2) is 5.69 Å². The molecular weight excluding hydrogens is 206 g/mol. The average Bonchev–Trinajstić information content (AvgIpc) is 2.63. The van der Waals surface area contributed by atoms with Crippen molar-refractivity contribution in [1.82, 2.24) is 15.8 Å². The van der Waals surface area contributed by atoms with E-state index >= 15 is 0 Å². The van der Waals surface area contributed by atoms with E-state index in [1.165, 1.54) is 5.57 Å². The van der Waals surface area contributed by atoms with Crippen LogP contribution in [0.3, 0.4) is 0 Å². The predicted molar refractivity (Wildman–Crippen MR) is 59.9 cm³/mol. The number of hydrogen-bond donors (Lipinski definition) is 1. The molecule has 1 heterocycles. The van der Waals surface area contributed by atoms with Gasteiger partial charge in [-0.1, -0.05) is 19.9 Å². The summed E-state index contributed by atoms with van der Waals surface area (Å²) in [6.07, 6.45) is 4.84. The second kappa shape index (κ2) is 4.49. The summed E-state index contributed by atoms with van der Waals surface area (Å²) in [6.45, 7) is 4.28. The van der Waals surface area contributed by atoms with E-state index < -0.39 is 0 Å². The van der Waals surface area contributed by atoms with E-state index in [0.29, 0.717) is 11.6 Å². The molecule has 5 nitrogen and oxygen atoms in total. The Hall–Kier alpha value is -1.62. The van der Waals surface area contributed by atoms with Crippen LogP contribution in [0.15, 0.2) is 16.3 Å². The normalized spacial score (nSPS) is 15.2. The molecule has 0 aromatic carbocycles. The number of allylic oxidation sites excluding steroid dienone is 2. The average molecular weight is 221 g/mol. The molecule has 0 bridgehead atoms. The van der Waals surface area contributed by atoms with Crippen molar-refractivity contribution in [2.75, 3.05) is 7.11 Å². The number of rotatable bonds is 3. The van der Waals surface area contributed by atoms with Gasteiger partial charge in [0.2, 0.25) is 0 Å². The highest BCUT2D eigenvalue weighted by Gasteiger charge is 2.21. The van der Waals surface area contributed by atoms with Crippen LogP contribution in [0.2, 0.25) is 0 Å². The first kappa shape index (κ1) is 10.9. The lowest BCUT2D eigenvalue weighted by atomic mass is 9.97. The van der Waals surface area contributed by atoms with Crippen molar-refractivity contribution in [1.29, 1.82) is 0 Å². The molecule has 1 N–H and O–H groups in total. The first-order valence-corrected chi connectivity index (χ1v) is 5.25. The fraction of sp³-hybridized carbons (Fsp3) is 0.455. The molecule has 0 fully saturated rings. The van der Waals surface area contributed by atoms with Crippen LogP contribution in [0.4, 0.5) is 0 Å². The van der Waals surface area contributed by atoms with Crippen LogP contribution in [0, 0.1) is 5.92 Å². The topological polar surface area (TPSA) is 60.2 Å². The first-order valence-electron chi connectivity index (χ1n) is 5.25. The molecule has 0 atom stereocenters. The molecule has 0 amide bonds. The molecule has 16 heavy (non-hydrogen) atoms. The first-order chi connectivity index (χ1) is 7.74. The number of hydroxylamine groups is 1. The standard InChI is InChI=1S/C11H15N3O2/c1-7(2)8-5-4-6-9-11(14-16-12-9)10(8)13-15-3/h4,6-7,13H,5H2,1-3H3. The van der Waals surface area contributed by atoms with Crippen molar-refractivity contribution in [3.8, 4) is 0 Å². The van der Waals surface area contributed by atoms with Crippen LogP contribution in [-0.4, -0.2) is 17.4 Å². The van der Waals surface area contributed by atoms with E-state index in [4.69, 9.17) is 9.47 Å². The Labute approximate surface area is 94.1 Å². The third-order valence-electron chi connectivity index (χ3n) is 2.59. The molecule has 0 aliphatic heterocycles. The van der Waals surface area contributed by atoms with Gasteiger partial charge in [-0.3, -0.25) is 10.3 Å². The minimum absolute atomic E-state index is 0.407. The number of nitrogens with one attached hydrogen (secondary N) is 1. The molecule has 0 radical (unpaired) electrons. The lowest BCUT2D eigenvalue weighted by molar-refractivity contribution is 0.135. The molecule has 5 heteroatoms. The summed E-state index contributed by atoms with van der Waals surface area (Å²) in [7, 11) is 1.58. The van der Waals surface area contributed by atoms with Crippen LogP contribution >= 0.6 is 0 Å². The monoisotopic (exact) mass is 221 g/mol. The molecule has 1 aliphatic carbocycles. The molecule has 0 saturated carbocycles. The minimum atomic E-state index is 0.407. The molecule has 86 valence electrons. The van der Waals surface area contributed by atoms with Crippen LogP contribution in [0.1, 0.15) is 31.7 Å². The molecule has 1 aromatic heterocycles. The van der Waals surface area contributed by atoms with E-state index in [1.807, 2.05) is 6.08 Å². The largest absolute Gasteiger partial charge is 0.279 e. The highest BCUT2D eigenvalue weighted by Crippen LogP contribution is 2.29. The molecule has 1 aromatic rings. The molecular formula is C11H15N3O2. The molecule has 2 rings (SSSR count). The lowest BCUT2D eigenvalue weighted by Crippen LogP contribution is -2.15. The fourth-order valence-corrected chi connectivity index (χ4v) is 1.77. The van der Waals surface area contributed by atoms with E-state index in [2.05, 4.69) is 35.7 Å². The van der Waals surface area contributed by atoms with E-state index in [9.17, 15) is 0 Å². The molecule has 0 saturated heterocycles. The van der Waals surface area contributed by atoms with Gasteiger partial charge in [-0.15, -0.1) is 0 Å². The highest BCUT2D eigenvalue weighted by molar-refractivity contribution is 5.72. The second-order valence-corrected chi connectivity index (χ2v) is 3.97. The maximum absolute atomic E-state index is 5.00. The smallest absolute Gasteiger partial charge is 0.160 e. The highest BCUT2D eigenvalue weighted by atomic mass is 16.6. The summed E-state index contributed by atoms with van der Waals surface area (Å²) >= 11 is 0. The van der Waals surface area contributed by atoms with Crippen LogP contribution in [0.5, 0.6) is 0 Å². The number of fused-ring (bicyclic) bond motifs is 1. The van der Waals surface area contributed by atoms with Gasteiger partial charge >= 0.3 is 0 Å². The third kappa shape index (κ3) is 1.86. The van der Waals surface area contributed by atoms with Crippen molar-refractivity contribution < 1.29 is 9.47 Å². The molecule has 0 spiro atoms. The summed E-state index contributed by atoms with van der Waals surface area (Å²) in [6, 6.07) is 0. The predicted octanol–water partition coefficient (Wildman–Crippen LogP) is 2.00. The Bertz CT molecular complexity index is 432. The van der Waals surface area contributed by atoms with Crippen molar-refractivity contribution in [3.05, 3.63) is 23.0 Å². The summed E-state index contributed by atoms with van der Waals surface area (Å²) < 4.78 is 4.75. The molecule has 0 unspecified atom stereocenters. The van der Waals surface area contributed by atoms with Gasteiger partial charge in [0.1, 0.15) is 5.69 Å². The zero-order chi connectivity index (χ0) is 11.5. The maximum atomic E-state index is 5.00. The van der Waals surface area contributed by atoms with Crippen LogP contribution in [0.25, 0.3) is 11.8 Å². The van der Waals surface area contributed by atoms with Crippen molar-refractivity contribution in [2.45, 2.75) is 20.3 Å².